The maximum absolute atomic E-state index is 14.1. The third-order valence-electron chi connectivity index (χ3n) is 15.8. The number of nitrogens with zero attached hydrogens (tertiary/aromatic N) is 5. The van der Waals surface area contributed by atoms with Crippen LogP contribution in [0.4, 0.5) is 11.6 Å². The van der Waals surface area contributed by atoms with Crippen LogP contribution in [0.3, 0.4) is 0 Å². The molecule has 0 bridgehead atoms. The van der Waals surface area contributed by atoms with Crippen LogP contribution in [0.2, 0.25) is 10.3 Å². The van der Waals surface area contributed by atoms with Crippen molar-refractivity contribution in [2.75, 3.05) is 57.0 Å². The molecule has 0 radical (unpaired) electrons. The number of H-pyrrole nitrogens is 1. The number of ether oxygens (including phenoxy) is 1. The molecule has 2 fully saturated rings. The monoisotopic (exact) mass is 1150 g/mol. The Bertz CT molecular complexity index is 3690. The molecule has 15 heteroatoms. The number of nitrogens with one attached hydrogen (secondary N) is 5. The van der Waals surface area contributed by atoms with Crippen LogP contribution in [0.1, 0.15) is 80.2 Å². The molecule has 83 heavy (non-hydrogen) atoms. The summed E-state index contributed by atoms with van der Waals surface area (Å²) in [5.74, 6) is 1.36. The van der Waals surface area contributed by atoms with E-state index in [0.717, 1.165) is 126 Å². The van der Waals surface area contributed by atoms with Gasteiger partial charge in [0, 0.05) is 75.6 Å². The Morgan fingerprint density at radius 3 is 1.49 bits per heavy atom. The summed E-state index contributed by atoms with van der Waals surface area (Å²) >= 11 is 13.4. The molecule has 7 aromatic carbocycles. The first-order valence-electron chi connectivity index (χ1n) is 29.4. The molecule has 0 spiro atoms. The molecule has 2 aromatic heterocycles. The summed E-state index contributed by atoms with van der Waals surface area (Å²) in [4.78, 5) is 43.9. The number of fused-ring (bicyclic) bond motifs is 2. The Morgan fingerprint density at radius 1 is 0.530 bits per heavy atom. The molecule has 430 valence electrons. The summed E-state index contributed by atoms with van der Waals surface area (Å²) in [6.45, 7) is 13.9. The fourth-order valence-corrected chi connectivity index (χ4v) is 11.7. The molecule has 2 saturated heterocycles. The largest absolute Gasteiger partial charge is 0.497 e. The minimum Gasteiger partial charge on any atom is -0.497 e. The predicted octanol–water partition coefficient (Wildman–Crippen LogP) is 13.2. The highest BCUT2D eigenvalue weighted by Gasteiger charge is 2.25. The van der Waals surface area contributed by atoms with Gasteiger partial charge in [0.15, 0.2) is 21.9 Å². The van der Waals surface area contributed by atoms with Gasteiger partial charge in [-0.3, -0.25) is 24.0 Å². The van der Waals surface area contributed by atoms with Crippen LogP contribution < -0.4 is 37.1 Å². The maximum atomic E-state index is 14.1. The van der Waals surface area contributed by atoms with E-state index in [4.69, 9.17) is 27.9 Å². The zero-order chi connectivity index (χ0) is 57.5. The van der Waals surface area contributed by atoms with Crippen LogP contribution in [0.25, 0.3) is 44.1 Å². The van der Waals surface area contributed by atoms with Crippen molar-refractivity contribution >= 4 is 56.4 Å². The van der Waals surface area contributed by atoms with E-state index in [1.54, 1.807) is 11.7 Å². The average Bonchev–Trinajstić information content (AvgIpc) is 3.71. The van der Waals surface area contributed by atoms with Crippen molar-refractivity contribution in [1.82, 2.24) is 40.0 Å². The minimum absolute atomic E-state index is 0.138. The van der Waals surface area contributed by atoms with Gasteiger partial charge in [0.25, 0.3) is 11.1 Å². The lowest BCUT2D eigenvalue weighted by Crippen LogP contribution is -2.40. The van der Waals surface area contributed by atoms with Gasteiger partial charge in [-0.1, -0.05) is 171 Å². The highest BCUT2D eigenvalue weighted by molar-refractivity contribution is 6.32. The van der Waals surface area contributed by atoms with Gasteiger partial charge in [-0.15, -0.1) is 0 Å². The smallest absolute Gasteiger partial charge is 0.294 e. The molecule has 0 saturated carbocycles. The number of piperidine rings is 2. The van der Waals surface area contributed by atoms with E-state index < -0.39 is 0 Å². The van der Waals surface area contributed by atoms with Crippen molar-refractivity contribution < 1.29 is 4.74 Å². The van der Waals surface area contributed by atoms with E-state index >= 15 is 0 Å². The van der Waals surface area contributed by atoms with Gasteiger partial charge in [-0.05, 0) is 125 Å². The first-order chi connectivity index (χ1) is 40.6. The third-order valence-corrected chi connectivity index (χ3v) is 16.3. The molecule has 2 aliphatic heterocycles. The molecule has 0 amide bonds. The number of hydrogen-bond acceptors (Lipinski definition) is 11. The molecule has 0 unspecified atom stereocenters. The molecular weight excluding hydrogens is 1080 g/mol. The molecule has 4 heterocycles. The predicted molar refractivity (Wildman–Crippen MR) is 342 cm³/mol. The SMILES string of the molecule is CCCNCc1ccc(-c2[nH]c(=O)c(NC3CCN(Cc4ccc5ccccc5c4)CC3)nc2Cl)cc1.CCCNCc1ccc(-c2c(Cl)nc(NC3CCN(Cc4ccc5ccccc5c4)CC3)c(=O)n2Cc2ccc(OC)cc2)cc1. The standard InChI is InChI=1S/C38H42ClN5O2.C30H34ClN5O/c1-3-20-40-24-27-8-14-31(15-9-27)35-36(39)42-37(38(45)44(35)26-28-11-16-34(46-2)17-12-28)41-33-18-21-43(22-19-33)25-29-10-13-30-6-4-5-7-32(30)23-29;1-2-15-32-19-21-7-11-24(12-8-21)27-28(31)35-29(30(37)34-27)33-26-13-16-36(17-14-26)20-22-9-10-23-5-3-4-6-25(23)18-22/h4-17,23,33,40H,3,18-22,24-26H2,1-2H3,(H,41,42);3-12,18,26,32H,2,13-17,19-20H2,1H3,(H,33,35)(H,34,37). The lowest BCUT2D eigenvalue weighted by molar-refractivity contribution is 0.211. The van der Waals surface area contributed by atoms with E-state index in [1.165, 1.54) is 43.8 Å². The quantitative estimate of drug-likeness (QED) is 0.0439. The van der Waals surface area contributed by atoms with E-state index in [2.05, 4.69) is 157 Å². The highest BCUT2D eigenvalue weighted by Crippen LogP contribution is 2.30. The number of likely N-dealkylation sites (tertiary alicyclic amines) is 2. The second-order valence-corrected chi connectivity index (χ2v) is 22.6. The van der Waals surface area contributed by atoms with Crippen molar-refractivity contribution in [3.05, 3.63) is 217 Å². The van der Waals surface area contributed by atoms with Gasteiger partial charge in [-0.2, -0.15) is 0 Å². The highest BCUT2D eigenvalue weighted by atomic mass is 35.5. The van der Waals surface area contributed by atoms with E-state index in [0.29, 0.717) is 39.9 Å². The Labute approximate surface area is 497 Å². The lowest BCUT2D eigenvalue weighted by atomic mass is 10.0. The first-order valence-corrected chi connectivity index (χ1v) is 30.1. The summed E-state index contributed by atoms with van der Waals surface area (Å²) in [6, 6.07) is 54.7. The third kappa shape index (κ3) is 15.6. The number of hydrogen-bond donors (Lipinski definition) is 5. The summed E-state index contributed by atoms with van der Waals surface area (Å²) in [5, 5.41) is 19.3. The summed E-state index contributed by atoms with van der Waals surface area (Å²) in [5.41, 5.74) is 8.44. The fraction of sp³-hybridized carbons (Fsp3) is 0.324. The molecule has 2 aliphatic rings. The molecule has 9 aromatic rings. The second-order valence-electron chi connectivity index (χ2n) is 21.9. The van der Waals surface area contributed by atoms with Gasteiger partial charge < -0.3 is 31.0 Å². The van der Waals surface area contributed by atoms with Gasteiger partial charge in [-0.25, -0.2) is 9.97 Å². The molecular formula is C68H76Cl2N10O3. The van der Waals surface area contributed by atoms with Gasteiger partial charge in [0.05, 0.1) is 25.0 Å². The average molecular weight is 1150 g/mol. The fourth-order valence-electron chi connectivity index (χ4n) is 11.1. The Kier molecular flexibility index (Phi) is 20.4. The van der Waals surface area contributed by atoms with Crippen LogP contribution in [0, 0.1) is 0 Å². The van der Waals surface area contributed by atoms with Crippen LogP contribution in [-0.4, -0.2) is 87.8 Å². The normalized spacial score (nSPS) is 14.4. The zero-order valence-corrected chi connectivity index (χ0v) is 49.4. The molecule has 13 nitrogen and oxygen atoms in total. The van der Waals surface area contributed by atoms with Gasteiger partial charge in [0.1, 0.15) is 5.75 Å². The van der Waals surface area contributed by atoms with Crippen LogP contribution in [-0.2, 0) is 32.7 Å². The zero-order valence-electron chi connectivity index (χ0n) is 47.9. The van der Waals surface area contributed by atoms with Crippen molar-refractivity contribution in [3.63, 3.8) is 0 Å². The molecule has 0 atom stereocenters. The topological polar surface area (TPSA) is 144 Å². The second kappa shape index (κ2) is 28.8. The Morgan fingerprint density at radius 2 is 0.988 bits per heavy atom. The molecule has 11 rings (SSSR count). The van der Waals surface area contributed by atoms with Crippen molar-refractivity contribution in [3.8, 4) is 28.3 Å². The lowest BCUT2D eigenvalue weighted by Gasteiger charge is -2.32. The maximum Gasteiger partial charge on any atom is 0.294 e. The van der Waals surface area contributed by atoms with Gasteiger partial charge in [0.2, 0.25) is 0 Å². The van der Waals surface area contributed by atoms with Crippen molar-refractivity contribution in [2.24, 2.45) is 0 Å². The Balaban J connectivity index is 0.000000190. The number of methoxy groups -OCH3 is 1. The molecule has 0 aliphatic carbocycles. The first kappa shape index (κ1) is 58.8. The number of rotatable bonds is 21. The van der Waals surface area contributed by atoms with E-state index in [-0.39, 0.29) is 23.2 Å². The number of benzene rings is 7. The van der Waals surface area contributed by atoms with E-state index in [1.807, 2.05) is 60.7 Å². The summed E-state index contributed by atoms with van der Waals surface area (Å²) in [7, 11) is 1.65. The van der Waals surface area contributed by atoms with Crippen LogP contribution in [0.5, 0.6) is 5.75 Å². The van der Waals surface area contributed by atoms with Crippen molar-refractivity contribution in [1.29, 1.82) is 0 Å². The van der Waals surface area contributed by atoms with Crippen LogP contribution >= 0.6 is 23.2 Å². The minimum atomic E-state index is -0.244. The number of aromatic nitrogens is 4. The van der Waals surface area contributed by atoms with Gasteiger partial charge >= 0.3 is 0 Å². The molecule has 5 N–H and O–H groups in total. The number of anilines is 2. The summed E-state index contributed by atoms with van der Waals surface area (Å²) in [6.07, 6.45) is 5.91. The van der Waals surface area contributed by atoms with E-state index in [9.17, 15) is 9.59 Å². The summed E-state index contributed by atoms with van der Waals surface area (Å²) < 4.78 is 7.09. The number of aromatic amines is 1. The Hall–Kier alpha value is -7.36. The van der Waals surface area contributed by atoms with Crippen LogP contribution in [0.15, 0.2) is 167 Å². The number of halogens is 2. The van der Waals surface area contributed by atoms with Crippen molar-refractivity contribution in [2.45, 2.75) is 97.2 Å².